The summed E-state index contributed by atoms with van der Waals surface area (Å²) in [5.41, 5.74) is 4.70. The summed E-state index contributed by atoms with van der Waals surface area (Å²) in [6.07, 6.45) is 7.18. The molecular formula is C26H31BrN4O2. The van der Waals surface area contributed by atoms with Gasteiger partial charge in [0, 0.05) is 23.6 Å². The molecule has 0 bridgehead atoms. The Morgan fingerprint density at radius 1 is 1.33 bits per heavy atom. The summed E-state index contributed by atoms with van der Waals surface area (Å²) in [5.74, 6) is 1.82. The number of aliphatic hydroxyl groups is 1. The van der Waals surface area contributed by atoms with Crippen molar-refractivity contribution in [3.05, 3.63) is 52.7 Å². The van der Waals surface area contributed by atoms with Crippen LogP contribution in [0, 0.1) is 24.7 Å². The summed E-state index contributed by atoms with van der Waals surface area (Å²) in [4.78, 5) is 17.5. The third-order valence-corrected chi connectivity index (χ3v) is 7.23. The number of hydrogen-bond donors (Lipinski definition) is 2. The molecule has 1 aromatic rings. The van der Waals surface area contributed by atoms with Gasteiger partial charge in [-0.2, -0.15) is 5.10 Å². The lowest BCUT2D eigenvalue weighted by Gasteiger charge is -2.30. The van der Waals surface area contributed by atoms with Gasteiger partial charge in [-0.3, -0.25) is 9.79 Å². The van der Waals surface area contributed by atoms with Crippen LogP contribution < -0.4 is 5.32 Å². The standard InChI is InChI=1S/C26H31BrN4O2/c1-14-5-8-21-20(28-13-26(3,4)33)12-23(27)30-31(21)22(9-14)16-6-7-17(15(2)10-16)25(32)29-24-18-11-19(18)24/h6-10,14,18-19,24,33H,5,11-13H2,1-4H3,(H,29,32). The molecule has 1 amide bonds. The van der Waals surface area contributed by atoms with Crippen molar-refractivity contribution in [1.82, 2.24) is 10.3 Å². The van der Waals surface area contributed by atoms with Gasteiger partial charge in [0.2, 0.25) is 0 Å². The smallest absolute Gasteiger partial charge is 0.251 e. The van der Waals surface area contributed by atoms with Crippen LogP contribution in [0.15, 0.2) is 46.1 Å². The number of aryl methyl sites for hydroxylation is 1. The van der Waals surface area contributed by atoms with Gasteiger partial charge in [-0.05, 0) is 85.0 Å². The first-order valence-corrected chi connectivity index (χ1v) is 12.5. The highest BCUT2D eigenvalue weighted by Gasteiger charge is 2.64. The molecule has 2 aliphatic heterocycles. The van der Waals surface area contributed by atoms with Crippen LogP contribution in [0.5, 0.6) is 0 Å². The number of carbonyl (C=O) groups is 1. The maximum Gasteiger partial charge on any atom is 0.251 e. The zero-order valence-corrected chi connectivity index (χ0v) is 21.2. The Hall–Kier alpha value is -2.25. The second-order valence-electron chi connectivity index (χ2n) is 10.5. The number of carbonyl (C=O) groups excluding carboxylic acids is 1. The van der Waals surface area contributed by atoms with Gasteiger partial charge in [0.1, 0.15) is 4.62 Å². The van der Waals surface area contributed by atoms with Gasteiger partial charge in [-0.15, -0.1) is 0 Å². The van der Waals surface area contributed by atoms with Crippen LogP contribution in [-0.2, 0) is 0 Å². The maximum atomic E-state index is 12.7. The Balaban J connectivity index is 1.45. The number of allylic oxidation sites excluding steroid dienone is 3. The Labute approximate surface area is 203 Å². The first-order valence-electron chi connectivity index (χ1n) is 11.7. The van der Waals surface area contributed by atoms with Gasteiger partial charge >= 0.3 is 0 Å². The molecule has 2 saturated carbocycles. The van der Waals surface area contributed by atoms with Crippen molar-refractivity contribution in [3.8, 4) is 0 Å². The molecule has 0 spiro atoms. The van der Waals surface area contributed by atoms with Gasteiger partial charge < -0.3 is 10.4 Å². The monoisotopic (exact) mass is 510 g/mol. The Bertz CT molecular complexity index is 1120. The lowest BCUT2D eigenvalue weighted by Crippen LogP contribution is -2.31. The second-order valence-corrected chi connectivity index (χ2v) is 11.4. The average molecular weight is 511 g/mol. The first kappa shape index (κ1) is 22.5. The zero-order valence-electron chi connectivity index (χ0n) is 19.6. The zero-order chi connectivity index (χ0) is 23.5. The first-order chi connectivity index (χ1) is 15.6. The van der Waals surface area contributed by atoms with Gasteiger partial charge in [0.15, 0.2) is 0 Å². The van der Waals surface area contributed by atoms with E-state index in [0.29, 0.717) is 24.9 Å². The number of halogens is 1. The molecule has 5 rings (SSSR count). The molecule has 3 unspecified atom stereocenters. The van der Waals surface area contributed by atoms with E-state index in [0.717, 1.165) is 56.7 Å². The molecule has 2 N–H and O–H groups in total. The number of rotatable bonds is 5. The van der Waals surface area contributed by atoms with E-state index in [1.807, 2.05) is 24.1 Å². The Morgan fingerprint density at radius 3 is 2.73 bits per heavy atom. The molecule has 1 aromatic carbocycles. The molecule has 7 heteroatoms. The minimum absolute atomic E-state index is 0.0276. The second kappa shape index (κ2) is 8.20. The van der Waals surface area contributed by atoms with Crippen LogP contribution in [0.3, 0.4) is 0 Å². The highest BCUT2D eigenvalue weighted by atomic mass is 79.9. The van der Waals surface area contributed by atoms with E-state index in [2.05, 4.69) is 46.4 Å². The third kappa shape index (κ3) is 4.71. The summed E-state index contributed by atoms with van der Waals surface area (Å²) in [6, 6.07) is 6.43. The molecule has 0 saturated heterocycles. The maximum absolute atomic E-state index is 12.7. The number of hydrogen-bond acceptors (Lipinski definition) is 5. The van der Waals surface area contributed by atoms with Gasteiger partial charge in [0.05, 0.1) is 29.3 Å². The molecule has 0 radical (unpaired) electrons. The van der Waals surface area contributed by atoms with Crippen molar-refractivity contribution in [2.45, 2.75) is 58.6 Å². The number of fused-ring (bicyclic) bond motifs is 2. The quantitative estimate of drug-likeness (QED) is 0.605. The van der Waals surface area contributed by atoms with Crippen molar-refractivity contribution < 1.29 is 9.90 Å². The number of nitrogens with zero attached hydrogens (tertiary/aromatic N) is 3. The van der Waals surface area contributed by atoms with E-state index in [-0.39, 0.29) is 5.91 Å². The number of amides is 1. The van der Waals surface area contributed by atoms with Crippen molar-refractivity contribution >= 4 is 37.9 Å². The Kier molecular flexibility index (Phi) is 5.60. The fourth-order valence-electron chi connectivity index (χ4n) is 4.59. The molecule has 6 nitrogen and oxygen atoms in total. The number of nitrogens with one attached hydrogen (secondary N) is 1. The molecule has 33 heavy (non-hydrogen) atoms. The summed E-state index contributed by atoms with van der Waals surface area (Å²) >= 11 is 3.59. The topological polar surface area (TPSA) is 77.3 Å². The predicted octanol–water partition coefficient (Wildman–Crippen LogP) is 4.63. The van der Waals surface area contributed by atoms with Crippen LogP contribution >= 0.6 is 15.9 Å². The summed E-state index contributed by atoms with van der Waals surface area (Å²) in [6.45, 7) is 8.05. The molecule has 2 fully saturated rings. The molecular weight excluding hydrogens is 480 g/mol. The molecule has 0 aromatic heterocycles. The van der Waals surface area contributed by atoms with Crippen LogP contribution in [0.4, 0.5) is 0 Å². The van der Waals surface area contributed by atoms with Gasteiger partial charge in [-0.1, -0.05) is 25.1 Å². The SMILES string of the molecule is Cc1cc(C2=CC(C)CC=C3C(=NCC(C)(C)O)CC(Br)=NN32)ccc1C(=O)NC1C2CC21. The fourth-order valence-corrected chi connectivity index (χ4v) is 5.01. The van der Waals surface area contributed by atoms with Crippen molar-refractivity contribution in [3.63, 3.8) is 0 Å². The lowest BCUT2D eigenvalue weighted by molar-refractivity contribution is 0.0902. The molecule has 3 atom stereocenters. The van der Waals surface area contributed by atoms with Crippen LogP contribution in [0.2, 0.25) is 0 Å². The average Bonchev–Trinajstić information content (AvgIpc) is 3.64. The normalized spacial score (nSPS) is 29.3. The van der Waals surface area contributed by atoms with Crippen LogP contribution in [0.1, 0.15) is 61.5 Å². The fraction of sp³-hybridized carbons (Fsp3) is 0.500. The highest BCUT2D eigenvalue weighted by Crippen LogP contribution is 2.62. The predicted molar refractivity (Wildman–Crippen MR) is 135 cm³/mol. The molecule has 174 valence electrons. The van der Waals surface area contributed by atoms with Gasteiger partial charge in [-0.25, -0.2) is 5.01 Å². The molecule has 2 aliphatic carbocycles. The van der Waals surface area contributed by atoms with E-state index in [1.54, 1.807) is 13.8 Å². The minimum atomic E-state index is -0.870. The van der Waals surface area contributed by atoms with E-state index < -0.39 is 5.60 Å². The lowest BCUT2D eigenvalue weighted by atomic mass is 9.99. The molecule has 4 aliphatic rings. The summed E-state index contributed by atoms with van der Waals surface area (Å²) in [5, 5.41) is 20.1. The molecule has 2 heterocycles. The van der Waals surface area contributed by atoms with E-state index in [4.69, 9.17) is 10.1 Å². The summed E-state index contributed by atoms with van der Waals surface area (Å²) in [7, 11) is 0. The van der Waals surface area contributed by atoms with Crippen molar-refractivity contribution in [2.24, 2.45) is 27.8 Å². The van der Waals surface area contributed by atoms with E-state index in [9.17, 15) is 9.90 Å². The minimum Gasteiger partial charge on any atom is -0.389 e. The number of hydrazone groups is 1. The Morgan fingerprint density at radius 2 is 2.09 bits per heavy atom. The third-order valence-electron chi connectivity index (χ3n) is 6.79. The highest BCUT2D eigenvalue weighted by molar-refractivity contribution is 9.18. The van der Waals surface area contributed by atoms with Crippen molar-refractivity contribution in [2.75, 3.05) is 6.54 Å². The van der Waals surface area contributed by atoms with E-state index in [1.165, 1.54) is 6.42 Å². The van der Waals surface area contributed by atoms with Crippen LogP contribution in [-0.4, -0.2) is 44.5 Å². The number of benzene rings is 1. The largest absolute Gasteiger partial charge is 0.389 e. The summed E-state index contributed by atoms with van der Waals surface area (Å²) < 4.78 is 0.797. The number of aliphatic imine (C=N–C) groups is 1. The van der Waals surface area contributed by atoms with Crippen molar-refractivity contribution in [1.29, 1.82) is 0 Å². The van der Waals surface area contributed by atoms with Crippen LogP contribution in [0.25, 0.3) is 5.70 Å². The van der Waals surface area contributed by atoms with E-state index >= 15 is 0 Å². The van der Waals surface area contributed by atoms with Gasteiger partial charge in [0.25, 0.3) is 5.91 Å².